The predicted octanol–water partition coefficient (Wildman–Crippen LogP) is 4.53. The van der Waals surface area contributed by atoms with E-state index in [2.05, 4.69) is 13.8 Å². The number of ketones is 1. The molecule has 0 aromatic heterocycles. The first kappa shape index (κ1) is 21.6. The van der Waals surface area contributed by atoms with Crippen molar-refractivity contribution in [3.63, 3.8) is 0 Å². The molecule has 25 heavy (non-hydrogen) atoms. The summed E-state index contributed by atoms with van der Waals surface area (Å²) in [5, 5.41) is 18.8. The number of carbonyl (C=O) groups excluding carboxylic acids is 1. The number of allylic oxidation sites excluding steroid dienone is 3. The van der Waals surface area contributed by atoms with Crippen molar-refractivity contribution in [2.45, 2.75) is 77.7 Å². The highest BCUT2D eigenvalue weighted by Gasteiger charge is 2.32. The molecule has 142 valence electrons. The molecule has 4 nitrogen and oxygen atoms in total. The summed E-state index contributed by atoms with van der Waals surface area (Å²) in [6, 6.07) is 0. The minimum absolute atomic E-state index is 0.00474. The molecule has 1 aliphatic rings. The molecular formula is C21H34O4. The number of Topliss-reactive ketones (excluding diaryl/α,β-unsaturated/α-hetero) is 1. The molecule has 0 radical (unpaired) electrons. The van der Waals surface area contributed by atoms with Gasteiger partial charge in [-0.1, -0.05) is 51.0 Å². The highest BCUT2D eigenvalue weighted by molar-refractivity contribution is 5.83. The van der Waals surface area contributed by atoms with Crippen LogP contribution in [0, 0.1) is 17.8 Å². The van der Waals surface area contributed by atoms with Crippen molar-refractivity contribution < 1.29 is 19.8 Å². The molecule has 0 spiro atoms. The molecule has 0 aliphatic heterocycles. The average molecular weight is 350 g/mol. The zero-order valence-electron chi connectivity index (χ0n) is 15.7. The molecule has 0 aromatic rings. The van der Waals surface area contributed by atoms with Crippen LogP contribution in [0.15, 0.2) is 24.3 Å². The zero-order chi connectivity index (χ0) is 18.7. The van der Waals surface area contributed by atoms with Gasteiger partial charge in [0.05, 0.1) is 6.10 Å². The number of aliphatic carboxylic acids is 1. The summed E-state index contributed by atoms with van der Waals surface area (Å²) >= 11 is 0. The van der Waals surface area contributed by atoms with Crippen molar-refractivity contribution in [1.82, 2.24) is 0 Å². The lowest BCUT2D eigenvalue weighted by atomic mass is 9.90. The van der Waals surface area contributed by atoms with Crippen LogP contribution in [0.3, 0.4) is 0 Å². The van der Waals surface area contributed by atoms with Crippen molar-refractivity contribution in [2.24, 2.45) is 17.8 Å². The molecule has 0 bridgehead atoms. The fourth-order valence-electron chi connectivity index (χ4n) is 3.35. The van der Waals surface area contributed by atoms with E-state index in [4.69, 9.17) is 5.11 Å². The van der Waals surface area contributed by atoms with Crippen molar-refractivity contribution in [2.75, 3.05) is 0 Å². The molecule has 1 fully saturated rings. The maximum atomic E-state index is 12.1. The summed E-state index contributed by atoms with van der Waals surface area (Å²) in [4.78, 5) is 22.6. The van der Waals surface area contributed by atoms with Crippen LogP contribution in [0.5, 0.6) is 0 Å². The molecule has 1 rings (SSSR count). The Hall–Kier alpha value is -1.42. The molecule has 0 saturated heterocycles. The van der Waals surface area contributed by atoms with Crippen molar-refractivity contribution >= 4 is 11.8 Å². The second kappa shape index (κ2) is 12.0. The van der Waals surface area contributed by atoms with Gasteiger partial charge in [0.15, 0.2) is 0 Å². The summed E-state index contributed by atoms with van der Waals surface area (Å²) in [7, 11) is 0. The van der Waals surface area contributed by atoms with E-state index in [1.54, 1.807) is 0 Å². The van der Waals surface area contributed by atoms with E-state index < -0.39 is 12.1 Å². The molecule has 4 unspecified atom stereocenters. The van der Waals surface area contributed by atoms with Crippen LogP contribution in [0.1, 0.15) is 71.6 Å². The topological polar surface area (TPSA) is 74.6 Å². The Bertz CT molecular complexity index is 467. The molecular weight excluding hydrogens is 316 g/mol. The predicted molar refractivity (Wildman–Crippen MR) is 100 cm³/mol. The van der Waals surface area contributed by atoms with Gasteiger partial charge in [-0.25, -0.2) is 0 Å². The SMILES string of the molecule is CCCCC(C)C(O)/C=C/C1CCC(=O)C1C/C=C\CCCC(=O)O. The maximum Gasteiger partial charge on any atom is 0.303 e. The second-order valence-electron chi connectivity index (χ2n) is 7.26. The smallest absolute Gasteiger partial charge is 0.303 e. The Morgan fingerprint density at radius 2 is 2.08 bits per heavy atom. The van der Waals surface area contributed by atoms with Gasteiger partial charge in [-0.3, -0.25) is 9.59 Å². The fourth-order valence-corrected chi connectivity index (χ4v) is 3.35. The number of carboxylic acid groups (broad SMARTS) is 1. The molecule has 4 heteroatoms. The number of aliphatic hydroxyl groups is 1. The summed E-state index contributed by atoms with van der Waals surface area (Å²) in [5.41, 5.74) is 0. The summed E-state index contributed by atoms with van der Waals surface area (Å²) in [6.45, 7) is 4.22. The molecule has 0 amide bonds. The van der Waals surface area contributed by atoms with Crippen molar-refractivity contribution in [3.05, 3.63) is 24.3 Å². The monoisotopic (exact) mass is 350 g/mol. The van der Waals surface area contributed by atoms with Gasteiger partial charge in [-0.05, 0) is 43.9 Å². The lowest BCUT2D eigenvalue weighted by molar-refractivity contribution is -0.137. The lowest BCUT2D eigenvalue weighted by Gasteiger charge is -2.17. The number of unbranched alkanes of at least 4 members (excludes halogenated alkanes) is 2. The van der Waals surface area contributed by atoms with Crippen molar-refractivity contribution in [1.29, 1.82) is 0 Å². The van der Waals surface area contributed by atoms with Gasteiger partial charge >= 0.3 is 5.97 Å². The second-order valence-corrected chi connectivity index (χ2v) is 7.26. The van der Waals surface area contributed by atoms with Crippen LogP contribution in [0.4, 0.5) is 0 Å². The van der Waals surface area contributed by atoms with Gasteiger partial charge in [0.2, 0.25) is 0 Å². The highest BCUT2D eigenvalue weighted by Crippen LogP contribution is 2.33. The highest BCUT2D eigenvalue weighted by atomic mass is 16.4. The van der Waals surface area contributed by atoms with Crippen LogP contribution >= 0.6 is 0 Å². The number of hydrogen-bond acceptors (Lipinski definition) is 3. The van der Waals surface area contributed by atoms with Gasteiger partial charge in [0.25, 0.3) is 0 Å². The molecule has 0 heterocycles. The minimum atomic E-state index is -0.767. The summed E-state index contributed by atoms with van der Waals surface area (Å²) in [6.07, 6.45) is 14.5. The van der Waals surface area contributed by atoms with Crippen LogP contribution in [-0.2, 0) is 9.59 Å². The first-order valence-corrected chi connectivity index (χ1v) is 9.71. The number of hydrogen-bond donors (Lipinski definition) is 2. The van der Waals surface area contributed by atoms with Gasteiger partial charge in [-0.2, -0.15) is 0 Å². The normalized spacial score (nSPS) is 23.6. The van der Waals surface area contributed by atoms with E-state index in [0.29, 0.717) is 25.0 Å². The van der Waals surface area contributed by atoms with E-state index in [1.165, 1.54) is 0 Å². The third-order valence-corrected chi connectivity index (χ3v) is 5.12. The Morgan fingerprint density at radius 1 is 1.32 bits per heavy atom. The summed E-state index contributed by atoms with van der Waals surface area (Å²) in [5.74, 6) is 0.00449. The number of rotatable bonds is 12. The number of carbonyl (C=O) groups is 2. The van der Waals surface area contributed by atoms with Gasteiger partial charge in [-0.15, -0.1) is 0 Å². The average Bonchev–Trinajstić information content (AvgIpc) is 2.93. The first-order valence-electron chi connectivity index (χ1n) is 9.71. The van der Waals surface area contributed by atoms with E-state index in [-0.39, 0.29) is 24.2 Å². The van der Waals surface area contributed by atoms with Crippen LogP contribution in [0.25, 0.3) is 0 Å². The Balaban J connectivity index is 2.44. The molecule has 4 atom stereocenters. The lowest BCUT2D eigenvalue weighted by Crippen LogP contribution is -2.16. The zero-order valence-corrected chi connectivity index (χ0v) is 15.7. The minimum Gasteiger partial charge on any atom is -0.481 e. The van der Waals surface area contributed by atoms with Gasteiger partial charge < -0.3 is 10.2 Å². The summed E-state index contributed by atoms with van der Waals surface area (Å²) < 4.78 is 0. The first-order chi connectivity index (χ1) is 12.0. The van der Waals surface area contributed by atoms with Crippen molar-refractivity contribution in [3.8, 4) is 0 Å². The quantitative estimate of drug-likeness (QED) is 0.401. The number of aliphatic hydroxyl groups excluding tert-OH is 1. The maximum absolute atomic E-state index is 12.1. The molecule has 1 saturated carbocycles. The largest absolute Gasteiger partial charge is 0.481 e. The van der Waals surface area contributed by atoms with Crippen LogP contribution < -0.4 is 0 Å². The molecule has 0 aromatic carbocycles. The third-order valence-electron chi connectivity index (χ3n) is 5.12. The van der Waals surface area contributed by atoms with Crippen LogP contribution in [-0.4, -0.2) is 28.1 Å². The van der Waals surface area contributed by atoms with E-state index in [9.17, 15) is 14.7 Å². The molecule has 2 N–H and O–H groups in total. The van der Waals surface area contributed by atoms with E-state index >= 15 is 0 Å². The fraction of sp³-hybridized carbons (Fsp3) is 0.714. The van der Waals surface area contributed by atoms with Crippen LogP contribution in [0.2, 0.25) is 0 Å². The Morgan fingerprint density at radius 3 is 2.76 bits per heavy atom. The third kappa shape index (κ3) is 8.48. The standard InChI is InChI=1S/C21H34O4/c1-3-4-9-16(2)19(22)14-12-17-13-15-20(23)18(17)10-7-5-6-8-11-21(24)25/h5,7,12,14,16-19,22H,3-4,6,8-11,13,15H2,1-2H3,(H,24,25)/b7-5-,14-12+. The Labute approximate surface area is 152 Å². The Kier molecular flexibility index (Phi) is 10.4. The van der Waals surface area contributed by atoms with E-state index in [0.717, 1.165) is 32.1 Å². The number of carboxylic acids is 1. The molecule has 1 aliphatic carbocycles. The van der Waals surface area contributed by atoms with Gasteiger partial charge in [0.1, 0.15) is 5.78 Å². The van der Waals surface area contributed by atoms with E-state index in [1.807, 2.05) is 24.3 Å². The van der Waals surface area contributed by atoms with Gasteiger partial charge in [0, 0.05) is 18.8 Å².